The first-order valence-electron chi connectivity index (χ1n) is 5.71. The largest absolute Gasteiger partial charge is 0.329 e. The van der Waals surface area contributed by atoms with Crippen molar-refractivity contribution in [1.82, 2.24) is 4.90 Å². The van der Waals surface area contributed by atoms with E-state index in [1.807, 2.05) is 13.0 Å². The zero-order valence-electron chi connectivity index (χ0n) is 10.2. The van der Waals surface area contributed by atoms with Gasteiger partial charge in [-0.25, -0.2) is 0 Å². The molecule has 1 rings (SSSR count). The van der Waals surface area contributed by atoms with E-state index in [0.717, 1.165) is 16.9 Å². The van der Waals surface area contributed by atoms with Crippen molar-refractivity contribution in [3.05, 3.63) is 20.8 Å². The summed E-state index contributed by atoms with van der Waals surface area (Å²) in [5.41, 5.74) is 5.87. The van der Waals surface area contributed by atoms with Gasteiger partial charge in [-0.1, -0.05) is 6.92 Å². The van der Waals surface area contributed by atoms with Crippen LogP contribution in [0.5, 0.6) is 0 Å². The summed E-state index contributed by atoms with van der Waals surface area (Å²) in [5, 5.41) is 8.90. The van der Waals surface area contributed by atoms with Crippen LogP contribution < -0.4 is 5.73 Å². The SMILES string of the molecule is CCN(CC(C)C#N)C(CN)c1ccc(Br)s1. The smallest absolute Gasteiger partial charge is 0.0702 e. The van der Waals surface area contributed by atoms with Crippen molar-refractivity contribution >= 4 is 27.3 Å². The van der Waals surface area contributed by atoms with Crippen molar-refractivity contribution in [2.24, 2.45) is 11.7 Å². The molecule has 0 aliphatic heterocycles. The number of nitrogens with two attached hydrogens (primary N) is 1. The lowest BCUT2D eigenvalue weighted by molar-refractivity contribution is 0.200. The van der Waals surface area contributed by atoms with Crippen molar-refractivity contribution < 1.29 is 0 Å². The molecular formula is C12H18BrN3S. The second-order valence-electron chi connectivity index (χ2n) is 4.01. The molecule has 2 N–H and O–H groups in total. The third kappa shape index (κ3) is 4.07. The van der Waals surface area contributed by atoms with E-state index >= 15 is 0 Å². The summed E-state index contributed by atoms with van der Waals surface area (Å²) in [6.07, 6.45) is 0. The Labute approximate surface area is 115 Å². The number of nitriles is 1. The highest BCUT2D eigenvalue weighted by Gasteiger charge is 2.20. The Hall–Kier alpha value is -0.410. The minimum atomic E-state index is 0.0346. The van der Waals surface area contributed by atoms with Gasteiger partial charge in [-0.3, -0.25) is 4.90 Å². The summed E-state index contributed by atoms with van der Waals surface area (Å²) in [6, 6.07) is 6.64. The Bertz CT molecular complexity index is 385. The van der Waals surface area contributed by atoms with E-state index in [1.165, 1.54) is 4.88 Å². The van der Waals surface area contributed by atoms with Crippen LogP contribution in [0.2, 0.25) is 0 Å². The summed E-state index contributed by atoms with van der Waals surface area (Å²) in [4.78, 5) is 3.53. The molecule has 0 bridgehead atoms. The maximum Gasteiger partial charge on any atom is 0.0702 e. The zero-order valence-corrected chi connectivity index (χ0v) is 12.6. The Morgan fingerprint density at radius 1 is 1.59 bits per heavy atom. The lowest BCUT2D eigenvalue weighted by Gasteiger charge is -2.29. The molecule has 2 unspecified atom stereocenters. The average molecular weight is 316 g/mol. The van der Waals surface area contributed by atoms with Crippen LogP contribution in [-0.4, -0.2) is 24.5 Å². The highest BCUT2D eigenvalue weighted by atomic mass is 79.9. The van der Waals surface area contributed by atoms with Crippen molar-refractivity contribution in [2.45, 2.75) is 19.9 Å². The van der Waals surface area contributed by atoms with Gasteiger partial charge in [0.2, 0.25) is 0 Å². The Morgan fingerprint density at radius 3 is 2.71 bits per heavy atom. The summed E-state index contributed by atoms with van der Waals surface area (Å²) in [7, 11) is 0. The standard InChI is InChI=1S/C12H18BrN3S/c1-3-16(8-9(2)6-14)10(7-15)11-4-5-12(13)17-11/h4-5,9-10H,3,7-8,15H2,1-2H3. The van der Waals surface area contributed by atoms with Gasteiger partial charge in [0.1, 0.15) is 0 Å². The van der Waals surface area contributed by atoms with Gasteiger partial charge in [-0.05, 0) is 41.5 Å². The van der Waals surface area contributed by atoms with Gasteiger partial charge in [0.05, 0.1) is 21.8 Å². The predicted molar refractivity (Wildman–Crippen MR) is 75.8 cm³/mol. The van der Waals surface area contributed by atoms with Crippen LogP contribution in [-0.2, 0) is 0 Å². The van der Waals surface area contributed by atoms with Crippen molar-refractivity contribution in [3.63, 3.8) is 0 Å². The summed E-state index contributed by atoms with van der Waals surface area (Å²) in [5.74, 6) is 0.0346. The fourth-order valence-electron chi connectivity index (χ4n) is 1.82. The number of halogens is 1. The third-order valence-corrected chi connectivity index (χ3v) is 4.45. The number of nitrogens with zero attached hydrogens (tertiary/aromatic N) is 2. The number of rotatable bonds is 6. The molecular weight excluding hydrogens is 298 g/mol. The summed E-state index contributed by atoms with van der Waals surface area (Å²) < 4.78 is 1.12. The molecule has 0 amide bonds. The molecule has 2 atom stereocenters. The van der Waals surface area contributed by atoms with Crippen LogP contribution in [0, 0.1) is 17.2 Å². The van der Waals surface area contributed by atoms with Gasteiger partial charge in [0, 0.05) is 18.0 Å². The maximum atomic E-state index is 8.90. The molecule has 94 valence electrons. The number of hydrogen-bond donors (Lipinski definition) is 1. The average Bonchev–Trinajstić information content (AvgIpc) is 2.75. The second-order valence-corrected chi connectivity index (χ2v) is 6.51. The normalized spacial score (nSPS) is 14.6. The lowest BCUT2D eigenvalue weighted by atomic mass is 10.1. The van der Waals surface area contributed by atoms with E-state index in [-0.39, 0.29) is 12.0 Å². The Kier molecular flexibility index (Phi) is 6.14. The molecule has 0 saturated heterocycles. The van der Waals surface area contributed by atoms with Gasteiger partial charge >= 0.3 is 0 Å². The molecule has 5 heteroatoms. The van der Waals surface area contributed by atoms with Gasteiger partial charge in [-0.2, -0.15) is 5.26 Å². The number of thiophene rings is 1. The first-order valence-corrected chi connectivity index (χ1v) is 7.32. The lowest BCUT2D eigenvalue weighted by Crippen LogP contribution is -2.36. The highest BCUT2D eigenvalue weighted by molar-refractivity contribution is 9.11. The van der Waals surface area contributed by atoms with Crippen LogP contribution >= 0.6 is 27.3 Å². The van der Waals surface area contributed by atoms with Gasteiger partial charge in [-0.15, -0.1) is 11.3 Å². The molecule has 0 fully saturated rings. The monoisotopic (exact) mass is 315 g/mol. The molecule has 0 spiro atoms. The molecule has 3 nitrogen and oxygen atoms in total. The van der Waals surface area contributed by atoms with E-state index < -0.39 is 0 Å². The molecule has 0 saturated carbocycles. The molecule has 1 heterocycles. The Morgan fingerprint density at radius 2 is 2.29 bits per heavy atom. The molecule has 1 aromatic heterocycles. The van der Waals surface area contributed by atoms with E-state index in [1.54, 1.807) is 11.3 Å². The molecule has 1 aromatic rings. The fourth-order valence-corrected chi connectivity index (χ4v) is 3.39. The van der Waals surface area contributed by atoms with Crippen molar-refractivity contribution in [3.8, 4) is 6.07 Å². The summed E-state index contributed by atoms with van der Waals surface area (Å²) >= 11 is 5.18. The van der Waals surface area contributed by atoms with E-state index in [0.29, 0.717) is 6.54 Å². The fraction of sp³-hybridized carbons (Fsp3) is 0.583. The van der Waals surface area contributed by atoms with Crippen LogP contribution in [0.3, 0.4) is 0 Å². The first kappa shape index (κ1) is 14.7. The van der Waals surface area contributed by atoms with E-state index in [9.17, 15) is 0 Å². The Balaban J connectivity index is 2.80. The number of hydrogen-bond acceptors (Lipinski definition) is 4. The van der Waals surface area contributed by atoms with Crippen LogP contribution in [0.1, 0.15) is 24.8 Å². The molecule has 0 aliphatic rings. The molecule has 0 aromatic carbocycles. The second kappa shape index (κ2) is 7.12. The minimum absolute atomic E-state index is 0.0346. The van der Waals surface area contributed by atoms with Crippen LogP contribution in [0.25, 0.3) is 0 Å². The molecule has 17 heavy (non-hydrogen) atoms. The quantitative estimate of drug-likeness (QED) is 0.878. The zero-order chi connectivity index (χ0) is 12.8. The highest BCUT2D eigenvalue weighted by Crippen LogP contribution is 2.30. The van der Waals surface area contributed by atoms with E-state index in [4.69, 9.17) is 11.0 Å². The van der Waals surface area contributed by atoms with E-state index in [2.05, 4.69) is 39.9 Å². The first-order chi connectivity index (χ1) is 8.12. The van der Waals surface area contributed by atoms with Gasteiger partial charge in [0.15, 0.2) is 0 Å². The molecule has 0 radical (unpaired) electrons. The van der Waals surface area contributed by atoms with Crippen molar-refractivity contribution in [2.75, 3.05) is 19.6 Å². The van der Waals surface area contributed by atoms with Gasteiger partial charge < -0.3 is 5.73 Å². The summed E-state index contributed by atoms with van der Waals surface area (Å²) in [6.45, 7) is 6.31. The van der Waals surface area contributed by atoms with Crippen molar-refractivity contribution in [1.29, 1.82) is 5.26 Å². The van der Waals surface area contributed by atoms with Gasteiger partial charge in [0.25, 0.3) is 0 Å². The number of likely N-dealkylation sites (N-methyl/N-ethyl adjacent to an activating group) is 1. The minimum Gasteiger partial charge on any atom is -0.329 e. The maximum absolute atomic E-state index is 8.90. The van der Waals surface area contributed by atoms with Crippen LogP contribution in [0.15, 0.2) is 15.9 Å². The van der Waals surface area contributed by atoms with Crippen LogP contribution in [0.4, 0.5) is 0 Å². The predicted octanol–water partition coefficient (Wildman–Crippen LogP) is 2.99. The molecule has 0 aliphatic carbocycles. The third-order valence-electron chi connectivity index (χ3n) is 2.72. The topological polar surface area (TPSA) is 53.0 Å².